The lowest BCUT2D eigenvalue weighted by Gasteiger charge is -2.34. The number of morpholine rings is 1. The molecule has 0 saturated carbocycles. The van der Waals surface area contributed by atoms with Crippen molar-refractivity contribution in [3.05, 3.63) is 59.7 Å². The molecule has 0 bridgehead atoms. The number of hydrogen-bond acceptors (Lipinski definition) is 6. The highest BCUT2D eigenvalue weighted by atomic mass is 32.2. The molecule has 3 atom stereocenters. The molecule has 33 heavy (non-hydrogen) atoms. The Morgan fingerprint density at radius 2 is 1.76 bits per heavy atom. The molecule has 1 N–H and O–H groups in total. The van der Waals surface area contributed by atoms with Crippen LogP contribution in [-0.2, 0) is 30.7 Å². The van der Waals surface area contributed by atoms with E-state index < -0.39 is 28.0 Å². The SMILES string of the molecule is CCc1ccc(NC(=O)C(C)OC(=O)c2cccc(S(=O)(=O)N3CC(C)OC(C)C3)c2)cc1. The fourth-order valence-corrected chi connectivity index (χ4v) is 5.25. The summed E-state index contributed by atoms with van der Waals surface area (Å²) in [6.07, 6.45) is -0.631. The molecule has 1 fully saturated rings. The zero-order valence-corrected chi connectivity index (χ0v) is 20.1. The predicted octanol–water partition coefficient (Wildman–Crippen LogP) is 3.23. The highest BCUT2D eigenvalue weighted by Gasteiger charge is 2.32. The molecule has 2 aromatic rings. The Balaban J connectivity index is 1.67. The number of nitrogens with one attached hydrogen (secondary N) is 1. The molecule has 3 unspecified atom stereocenters. The van der Waals surface area contributed by atoms with Gasteiger partial charge in [-0.1, -0.05) is 25.1 Å². The van der Waals surface area contributed by atoms with Crippen molar-refractivity contribution in [3.8, 4) is 0 Å². The maximum absolute atomic E-state index is 13.1. The van der Waals surface area contributed by atoms with Crippen molar-refractivity contribution >= 4 is 27.6 Å². The smallest absolute Gasteiger partial charge is 0.338 e. The maximum atomic E-state index is 13.1. The molecule has 9 heteroatoms. The number of esters is 1. The van der Waals surface area contributed by atoms with Gasteiger partial charge in [-0.05, 0) is 63.1 Å². The fraction of sp³-hybridized carbons (Fsp3) is 0.417. The van der Waals surface area contributed by atoms with E-state index in [1.54, 1.807) is 12.1 Å². The van der Waals surface area contributed by atoms with Crippen LogP contribution >= 0.6 is 0 Å². The number of anilines is 1. The summed E-state index contributed by atoms with van der Waals surface area (Å²) in [5.74, 6) is -1.26. The summed E-state index contributed by atoms with van der Waals surface area (Å²) < 4.78 is 38.4. The highest BCUT2D eigenvalue weighted by molar-refractivity contribution is 7.89. The van der Waals surface area contributed by atoms with Crippen LogP contribution in [0.25, 0.3) is 0 Å². The summed E-state index contributed by atoms with van der Waals surface area (Å²) in [7, 11) is -3.81. The molecule has 1 heterocycles. The Kier molecular flexibility index (Phi) is 7.88. The number of rotatable bonds is 7. The third-order valence-corrected chi connectivity index (χ3v) is 7.20. The first kappa shape index (κ1) is 24.9. The Labute approximate surface area is 194 Å². The van der Waals surface area contributed by atoms with Gasteiger partial charge in [0.1, 0.15) is 0 Å². The van der Waals surface area contributed by atoms with Crippen LogP contribution in [0.4, 0.5) is 5.69 Å². The first-order valence-electron chi connectivity index (χ1n) is 11.0. The zero-order chi connectivity index (χ0) is 24.2. The number of benzene rings is 2. The van der Waals surface area contributed by atoms with Gasteiger partial charge in [0.25, 0.3) is 5.91 Å². The minimum absolute atomic E-state index is 0.00799. The molecule has 3 rings (SSSR count). The molecule has 1 saturated heterocycles. The lowest BCUT2D eigenvalue weighted by molar-refractivity contribution is -0.123. The average Bonchev–Trinajstić information content (AvgIpc) is 2.79. The summed E-state index contributed by atoms with van der Waals surface area (Å²) >= 11 is 0. The van der Waals surface area contributed by atoms with Crippen molar-refractivity contribution in [1.29, 1.82) is 0 Å². The lowest BCUT2D eigenvalue weighted by atomic mass is 10.1. The van der Waals surface area contributed by atoms with E-state index in [1.165, 1.54) is 35.5 Å². The fourth-order valence-electron chi connectivity index (χ4n) is 3.61. The van der Waals surface area contributed by atoms with E-state index in [9.17, 15) is 18.0 Å². The first-order valence-corrected chi connectivity index (χ1v) is 12.4. The van der Waals surface area contributed by atoms with Crippen LogP contribution in [-0.4, -0.2) is 56.0 Å². The number of carbonyl (C=O) groups excluding carboxylic acids is 2. The number of amides is 1. The lowest BCUT2D eigenvalue weighted by Crippen LogP contribution is -2.48. The van der Waals surface area contributed by atoms with Crippen LogP contribution in [0.3, 0.4) is 0 Å². The van der Waals surface area contributed by atoms with E-state index in [-0.39, 0.29) is 35.8 Å². The summed E-state index contributed by atoms with van der Waals surface area (Å²) in [5, 5.41) is 2.71. The Hall–Kier alpha value is -2.75. The van der Waals surface area contributed by atoms with Crippen LogP contribution in [0.15, 0.2) is 53.4 Å². The predicted molar refractivity (Wildman–Crippen MR) is 125 cm³/mol. The molecular formula is C24H30N2O6S. The normalized spacial score (nSPS) is 20.1. The van der Waals surface area contributed by atoms with E-state index in [0.29, 0.717) is 5.69 Å². The summed E-state index contributed by atoms with van der Waals surface area (Å²) in [6, 6.07) is 13.0. The topological polar surface area (TPSA) is 102 Å². The number of hydrogen-bond donors (Lipinski definition) is 1. The van der Waals surface area contributed by atoms with Crippen molar-refractivity contribution in [2.24, 2.45) is 0 Å². The van der Waals surface area contributed by atoms with E-state index in [2.05, 4.69) is 5.32 Å². The number of ether oxygens (including phenoxy) is 2. The maximum Gasteiger partial charge on any atom is 0.338 e. The minimum atomic E-state index is -3.81. The van der Waals surface area contributed by atoms with Gasteiger partial charge in [0, 0.05) is 18.8 Å². The van der Waals surface area contributed by atoms with Gasteiger partial charge in [-0.25, -0.2) is 13.2 Å². The van der Waals surface area contributed by atoms with E-state index >= 15 is 0 Å². The van der Waals surface area contributed by atoms with Gasteiger partial charge >= 0.3 is 5.97 Å². The quantitative estimate of drug-likeness (QED) is 0.618. The molecule has 178 valence electrons. The second kappa shape index (κ2) is 10.5. The highest BCUT2D eigenvalue weighted by Crippen LogP contribution is 2.22. The van der Waals surface area contributed by atoms with Crippen LogP contribution < -0.4 is 5.32 Å². The van der Waals surface area contributed by atoms with E-state index in [0.717, 1.165) is 12.0 Å². The Morgan fingerprint density at radius 1 is 1.12 bits per heavy atom. The van der Waals surface area contributed by atoms with Crippen molar-refractivity contribution in [2.45, 2.75) is 57.3 Å². The van der Waals surface area contributed by atoms with Crippen LogP contribution in [0.5, 0.6) is 0 Å². The van der Waals surface area contributed by atoms with Crippen LogP contribution in [0, 0.1) is 0 Å². The van der Waals surface area contributed by atoms with E-state index in [4.69, 9.17) is 9.47 Å². The number of nitrogens with zero attached hydrogens (tertiary/aromatic N) is 1. The number of carbonyl (C=O) groups is 2. The van der Waals surface area contributed by atoms with Gasteiger partial charge in [-0.3, -0.25) is 4.79 Å². The largest absolute Gasteiger partial charge is 0.449 e. The van der Waals surface area contributed by atoms with Gasteiger partial charge < -0.3 is 14.8 Å². The summed E-state index contributed by atoms with van der Waals surface area (Å²) in [5.41, 5.74) is 1.79. The standard InChI is InChI=1S/C24H30N2O6S/c1-5-19-9-11-21(12-10-19)25-23(27)18(4)32-24(28)20-7-6-8-22(13-20)33(29,30)26-14-16(2)31-17(3)15-26/h6-13,16-18H,5,14-15H2,1-4H3,(H,25,27). The minimum Gasteiger partial charge on any atom is -0.449 e. The molecule has 1 aliphatic rings. The van der Waals surface area contributed by atoms with Crippen molar-refractivity contribution in [2.75, 3.05) is 18.4 Å². The van der Waals surface area contributed by atoms with E-state index in [1.807, 2.05) is 32.9 Å². The van der Waals surface area contributed by atoms with Crippen molar-refractivity contribution in [3.63, 3.8) is 0 Å². The first-order chi connectivity index (χ1) is 15.6. The van der Waals surface area contributed by atoms with Crippen molar-refractivity contribution < 1.29 is 27.5 Å². The second-order valence-electron chi connectivity index (χ2n) is 8.19. The second-order valence-corrected chi connectivity index (χ2v) is 10.1. The van der Waals surface area contributed by atoms with Gasteiger partial charge in [0.2, 0.25) is 10.0 Å². The molecular weight excluding hydrogens is 444 g/mol. The monoisotopic (exact) mass is 474 g/mol. The zero-order valence-electron chi connectivity index (χ0n) is 19.3. The molecule has 1 aliphatic heterocycles. The van der Waals surface area contributed by atoms with Crippen LogP contribution in [0.2, 0.25) is 0 Å². The molecule has 0 aliphatic carbocycles. The molecule has 0 aromatic heterocycles. The molecule has 0 spiro atoms. The molecule has 8 nitrogen and oxygen atoms in total. The summed E-state index contributed by atoms with van der Waals surface area (Å²) in [4.78, 5) is 25.0. The molecule has 0 radical (unpaired) electrons. The average molecular weight is 475 g/mol. The Bertz CT molecular complexity index is 1090. The van der Waals surface area contributed by atoms with Gasteiger partial charge in [0.15, 0.2) is 6.10 Å². The Morgan fingerprint density at radius 3 is 2.36 bits per heavy atom. The number of sulfonamides is 1. The summed E-state index contributed by atoms with van der Waals surface area (Å²) in [6.45, 7) is 7.60. The van der Waals surface area contributed by atoms with Gasteiger partial charge in [-0.15, -0.1) is 0 Å². The van der Waals surface area contributed by atoms with Gasteiger partial charge in [0.05, 0.1) is 22.7 Å². The van der Waals surface area contributed by atoms with Crippen molar-refractivity contribution in [1.82, 2.24) is 4.31 Å². The molecule has 2 aromatic carbocycles. The third-order valence-electron chi connectivity index (χ3n) is 5.38. The molecule has 1 amide bonds. The number of aryl methyl sites for hydroxylation is 1. The van der Waals surface area contributed by atoms with Gasteiger partial charge in [-0.2, -0.15) is 4.31 Å². The third kappa shape index (κ3) is 6.19. The van der Waals surface area contributed by atoms with Crippen LogP contribution in [0.1, 0.15) is 43.6 Å².